The molecule has 6 heteroatoms. The fourth-order valence-electron chi connectivity index (χ4n) is 2.61. The zero-order chi connectivity index (χ0) is 17.3. The summed E-state index contributed by atoms with van der Waals surface area (Å²) in [6, 6.07) is 10.9. The average Bonchev–Trinajstić information content (AvgIpc) is 2.79. The Morgan fingerprint density at radius 1 is 1.04 bits per heavy atom. The number of phenolic OH excluding ortho intramolecular Hbond substituents is 1. The summed E-state index contributed by atoms with van der Waals surface area (Å²) in [6.45, 7) is -0.0555. The number of carbonyl (C=O) groups is 3. The highest BCUT2D eigenvalue weighted by atomic mass is 16.4. The van der Waals surface area contributed by atoms with Gasteiger partial charge in [0, 0.05) is 6.08 Å². The number of carbonyl (C=O) groups excluding carboxylic acids is 2. The van der Waals surface area contributed by atoms with E-state index in [2.05, 4.69) is 0 Å². The van der Waals surface area contributed by atoms with E-state index in [1.165, 1.54) is 24.3 Å². The lowest BCUT2D eigenvalue weighted by molar-refractivity contribution is -0.131. The second kappa shape index (κ2) is 6.00. The first-order valence-electron chi connectivity index (χ1n) is 7.15. The van der Waals surface area contributed by atoms with Gasteiger partial charge in [-0.05, 0) is 41.5 Å². The minimum absolute atomic E-state index is 0.0333. The van der Waals surface area contributed by atoms with E-state index >= 15 is 0 Å². The van der Waals surface area contributed by atoms with Gasteiger partial charge in [0.25, 0.3) is 11.8 Å². The van der Waals surface area contributed by atoms with Crippen LogP contribution in [0.1, 0.15) is 31.8 Å². The fraction of sp³-hybridized carbons (Fsp3) is 0.0556. The summed E-state index contributed by atoms with van der Waals surface area (Å²) in [4.78, 5) is 36.6. The van der Waals surface area contributed by atoms with Gasteiger partial charge in [0.15, 0.2) is 0 Å². The van der Waals surface area contributed by atoms with Crippen molar-refractivity contribution in [3.63, 3.8) is 0 Å². The predicted octanol–water partition coefficient (Wildman–Crippen LogP) is 2.29. The third-order valence-electron chi connectivity index (χ3n) is 3.74. The molecular weight excluding hydrogens is 310 g/mol. The summed E-state index contributed by atoms with van der Waals surface area (Å²) in [5.41, 5.74) is 1.66. The molecule has 0 atom stereocenters. The maximum absolute atomic E-state index is 12.4. The van der Waals surface area contributed by atoms with Crippen LogP contribution in [0.3, 0.4) is 0 Å². The largest absolute Gasteiger partial charge is 0.508 e. The van der Waals surface area contributed by atoms with Crippen molar-refractivity contribution in [1.29, 1.82) is 0 Å². The molecular formula is C18H13NO5. The van der Waals surface area contributed by atoms with E-state index in [9.17, 15) is 19.5 Å². The minimum Gasteiger partial charge on any atom is -0.508 e. The van der Waals surface area contributed by atoms with E-state index in [1.54, 1.807) is 24.3 Å². The number of carboxylic acid groups (broad SMARTS) is 1. The predicted molar refractivity (Wildman–Crippen MR) is 85.4 cm³/mol. The number of imide groups is 1. The van der Waals surface area contributed by atoms with Crippen LogP contribution in [-0.2, 0) is 11.3 Å². The average molecular weight is 323 g/mol. The van der Waals surface area contributed by atoms with Crippen molar-refractivity contribution in [2.75, 3.05) is 0 Å². The van der Waals surface area contributed by atoms with Gasteiger partial charge in [0.2, 0.25) is 0 Å². The lowest BCUT2D eigenvalue weighted by Crippen LogP contribution is -2.29. The second-order valence-electron chi connectivity index (χ2n) is 5.30. The van der Waals surface area contributed by atoms with Gasteiger partial charge >= 0.3 is 5.97 Å². The van der Waals surface area contributed by atoms with Gasteiger partial charge in [0.05, 0.1) is 17.7 Å². The van der Waals surface area contributed by atoms with Gasteiger partial charge < -0.3 is 10.2 Å². The van der Waals surface area contributed by atoms with Gasteiger partial charge in [-0.3, -0.25) is 14.5 Å². The molecule has 0 bridgehead atoms. The molecule has 0 unspecified atom stereocenters. The number of aromatic hydroxyl groups is 1. The van der Waals surface area contributed by atoms with E-state index in [0.29, 0.717) is 22.3 Å². The number of aliphatic carboxylic acids is 1. The monoisotopic (exact) mass is 323 g/mol. The Morgan fingerprint density at radius 3 is 2.25 bits per heavy atom. The normalized spacial score (nSPS) is 13.6. The Kier molecular flexibility index (Phi) is 3.87. The fourth-order valence-corrected chi connectivity index (χ4v) is 2.61. The highest BCUT2D eigenvalue weighted by molar-refractivity contribution is 6.21. The molecule has 2 aromatic carbocycles. The van der Waals surface area contributed by atoms with Crippen LogP contribution in [0.2, 0.25) is 0 Å². The summed E-state index contributed by atoms with van der Waals surface area (Å²) in [7, 11) is 0. The van der Waals surface area contributed by atoms with Gasteiger partial charge in [0.1, 0.15) is 5.75 Å². The molecule has 3 rings (SSSR count). The van der Waals surface area contributed by atoms with Crippen LogP contribution in [0.25, 0.3) is 6.08 Å². The van der Waals surface area contributed by atoms with Crippen LogP contribution >= 0.6 is 0 Å². The number of nitrogens with zero attached hydrogens (tertiary/aromatic N) is 1. The van der Waals surface area contributed by atoms with Crippen LogP contribution in [0.15, 0.2) is 48.5 Å². The number of fused-ring (bicyclic) bond motifs is 1. The summed E-state index contributed by atoms with van der Waals surface area (Å²) >= 11 is 0. The Labute approximate surface area is 137 Å². The van der Waals surface area contributed by atoms with Crippen molar-refractivity contribution in [3.05, 3.63) is 70.8 Å². The van der Waals surface area contributed by atoms with E-state index in [1.807, 2.05) is 0 Å². The minimum atomic E-state index is -1.12. The molecule has 24 heavy (non-hydrogen) atoms. The van der Waals surface area contributed by atoms with Gasteiger partial charge in [-0.1, -0.05) is 18.2 Å². The standard InChI is InChI=1S/C18H13NO5/c20-13-7-5-11(6-8-16(21)22)12(9-13)10-19-17(23)14-3-1-2-4-15(14)18(19)24/h1-9,20H,10H2,(H,21,22)/b8-6+. The van der Waals surface area contributed by atoms with E-state index < -0.39 is 17.8 Å². The first-order valence-corrected chi connectivity index (χ1v) is 7.15. The number of carboxylic acids is 1. The number of hydrogen-bond acceptors (Lipinski definition) is 4. The Bertz CT molecular complexity index is 850. The summed E-state index contributed by atoms with van der Waals surface area (Å²) in [5.74, 6) is -1.97. The number of phenols is 1. The molecule has 0 spiro atoms. The van der Waals surface area contributed by atoms with E-state index in [4.69, 9.17) is 5.11 Å². The molecule has 0 saturated heterocycles. The third-order valence-corrected chi connectivity index (χ3v) is 3.74. The third kappa shape index (κ3) is 2.77. The molecule has 1 heterocycles. The highest BCUT2D eigenvalue weighted by Gasteiger charge is 2.35. The molecule has 0 aliphatic carbocycles. The zero-order valence-corrected chi connectivity index (χ0v) is 12.5. The van der Waals surface area contributed by atoms with Crippen LogP contribution in [0, 0.1) is 0 Å². The van der Waals surface area contributed by atoms with Crippen molar-refractivity contribution in [1.82, 2.24) is 4.90 Å². The van der Waals surface area contributed by atoms with Crippen molar-refractivity contribution in [3.8, 4) is 5.75 Å². The van der Waals surface area contributed by atoms with Gasteiger partial charge in [-0.2, -0.15) is 0 Å². The molecule has 0 saturated carbocycles. The van der Waals surface area contributed by atoms with E-state index in [0.717, 1.165) is 11.0 Å². The molecule has 1 aliphatic heterocycles. The first kappa shape index (κ1) is 15.5. The highest BCUT2D eigenvalue weighted by Crippen LogP contribution is 2.27. The van der Waals surface area contributed by atoms with Crippen molar-refractivity contribution < 1.29 is 24.6 Å². The lowest BCUT2D eigenvalue weighted by Gasteiger charge is -2.16. The van der Waals surface area contributed by atoms with Crippen LogP contribution < -0.4 is 0 Å². The van der Waals surface area contributed by atoms with Crippen LogP contribution in [-0.4, -0.2) is 32.9 Å². The van der Waals surface area contributed by atoms with Gasteiger partial charge in [-0.25, -0.2) is 4.79 Å². The molecule has 6 nitrogen and oxygen atoms in total. The second-order valence-corrected chi connectivity index (χ2v) is 5.30. The van der Waals surface area contributed by atoms with Crippen LogP contribution in [0.4, 0.5) is 0 Å². The Hall–Kier alpha value is -3.41. The molecule has 2 aromatic rings. The Balaban J connectivity index is 1.95. The molecule has 1 aliphatic rings. The first-order chi connectivity index (χ1) is 11.5. The molecule has 2 amide bonds. The number of rotatable bonds is 4. The number of amides is 2. The van der Waals surface area contributed by atoms with Crippen LogP contribution in [0.5, 0.6) is 5.75 Å². The summed E-state index contributed by atoms with van der Waals surface area (Å²) in [6.07, 6.45) is 2.31. The Morgan fingerprint density at radius 2 is 1.67 bits per heavy atom. The topological polar surface area (TPSA) is 94.9 Å². The lowest BCUT2D eigenvalue weighted by atomic mass is 10.1. The van der Waals surface area contributed by atoms with Crippen molar-refractivity contribution in [2.24, 2.45) is 0 Å². The molecule has 0 aromatic heterocycles. The van der Waals surface area contributed by atoms with Crippen molar-refractivity contribution >= 4 is 23.9 Å². The summed E-state index contributed by atoms with van der Waals surface area (Å²) < 4.78 is 0. The zero-order valence-electron chi connectivity index (χ0n) is 12.5. The quantitative estimate of drug-likeness (QED) is 0.665. The summed E-state index contributed by atoms with van der Waals surface area (Å²) in [5, 5.41) is 18.4. The van der Waals surface area contributed by atoms with E-state index in [-0.39, 0.29) is 12.3 Å². The maximum atomic E-state index is 12.4. The van der Waals surface area contributed by atoms with Gasteiger partial charge in [-0.15, -0.1) is 0 Å². The molecule has 0 radical (unpaired) electrons. The molecule has 0 fully saturated rings. The smallest absolute Gasteiger partial charge is 0.328 e. The molecule has 120 valence electrons. The number of hydrogen-bond donors (Lipinski definition) is 2. The number of benzene rings is 2. The van der Waals surface area contributed by atoms with Crippen molar-refractivity contribution in [2.45, 2.75) is 6.54 Å². The SMILES string of the molecule is O=C(O)/C=C/c1ccc(O)cc1CN1C(=O)c2ccccc2C1=O. The maximum Gasteiger partial charge on any atom is 0.328 e. The molecule has 2 N–H and O–H groups in total.